The maximum absolute atomic E-state index is 13.3. The highest BCUT2D eigenvalue weighted by Gasteiger charge is 2.36. The first-order valence-corrected chi connectivity index (χ1v) is 8.11. The number of piperidine rings is 1. The number of rotatable bonds is 1. The van der Waals surface area contributed by atoms with Gasteiger partial charge in [0.15, 0.2) is 0 Å². The van der Waals surface area contributed by atoms with Crippen LogP contribution in [0.3, 0.4) is 0 Å². The molecule has 0 radical (unpaired) electrons. The Bertz CT molecular complexity index is 848. The number of hydrogen-bond donors (Lipinski definition) is 1. The molecule has 124 valence electrons. The van der Waals surface area contributed by atoms with Crippen LogP contribution in [0.1, 0.15) is 18.0 Å². The zero-order chi connectivity index (χ0) is 16.7. The standard InChI is InChI=1S/C18H18FN3O2/c19-14-3-1-4-15(8-14)20-18(24)21-9-12-7-13(11-21)16-5-2-6-17(23)22(16)10-12/h1-6,8,12-13H,7,9-11H2,(H,20,24)/t12-,13-/m0/s1. The van der Waals surface area contributed by atoms with Crippen LogP contribution < -0.4 is 10.9 Å². The fourth-order valence-electron chi connectivity index (χ4n) is 3.83. The predicted molar refractivity (Wildman–Crippen MR) is 88.5 cm³/mol. The molecule has 6 heteroatoms. The van der Waals surface area contributed by atoms with Gasteiger partial charge < -0.3 is 14.8 Å². The molecule has 2 aliphatic heterocycles. The average Bonchev–Trinajstić information content (AvgIpc) is 2.56. The Kier molecular flexibility index (Phi) is 3.59. The number of amides is 2. The number of likely N-dealkylation sites (tertiary alicyclic amines) is 1. The summed E-state index contributed by atoms with van der Waals surface area (Å²) < 4.78 is 15.1. The highest BCUT2D eigenvalue weighted by molar-refractivity contribution is 5.89. The second-order valence-electron chi connectivity index (χ2n) is 6.54. The molecular weight excluding hydrogens is 309 g/mol. The minimum atomic E-state index is -0.378. The minimum absolute atomic E-state index is 0.0277. The summed E-state index contributed by atoms with van der Waals surface area (Å²) >= 11 is 0. The number of anilines is 1. The molecule has 0 spiro atoms. The van der Waals surface area contributed by atoms with Gasteiger partial charge in [-0.25, -0.2) is 9.18 Å². The zero-order valence-corrected chi connectivity index (χ0v) is 13.1. The van der Waals surface area contributed by atoms with Gasteiger partial charge in [-0.1, -0.05) is 12.1 Å². The van der Waals surface area contributed by atoms with Gasteiger partial charge in [0, 0.05) is 43.0 Å². The summed E-state index contributed by atoms with van der Waals surface area (Å²) in [6.45, 7) is 1.83. The second kappa shape index (κ2) is 5.78. The number of halogens is 1. The summed E-state index contributed by atoms with van der Waals surface area (Å²) in [5, 5.41) is 2.76. The van der Waals surface area contributed by atoms with Crippen LogP contribution in [0.2, 0.25) is 0 Å². The monoisotopic (exact) mass is 327 g/mol. The topological polar surface area (TPSA) is 54.3 Å². The summed E-state index contributed by atoms with van der Waals surface area (Å²) in [5.74, 6) is 0.0656. The van der Waals surface area contributed by atoms with E-state index in [1.165, 1.54) is 12.1 Å². The van der Waals surface area contributed by atoms with Crippen molar-refractivity contribution in [3.63, 3.8) is 0 Å². The Balaban J connectivity index is 1.53. The number of hydrogen-bond acceptors (Lipinski definition) is 2. The van der Waals surface area contributed by atoms with Crippen LogP contribution in [0.4, 0.5) is 14.9 Å². The number of carbonyl (C=O) groups excluding carboxylic acids is 1. The third kappa shape index (κ3) is 2.68. The Morgan fingerprint density at radius 3 is 2.79 bits per heavy atom. The molecule has 1 saturated heterocycles. The smallest absolute Gasteiger partial charge is 0.321 e. The molecule has 4 rings (SSSR count). The normalized spacial score (nSPS) is 22.0. The van der Waals surface area contributed by atoms with Gasteiger partial charge >= 0.3 is 6.03 Å². The molecule has 2 bridgehead atoms. The predicted octanol–water partition coefficient (Wildman–Crippen LogP) is 2.64. The van der Waals surface area contributed by atoms with Crippen LogP contribution in [0.15, 0.2) is 47.3 Å². The summed E-state index contributed by atoms with van der Waals surface area (Å²) in [6.07, 6.45) is 0.993. The van der Waals surface area contributed by atoms with Gasteiger partial charge in [-0.3, -0.25) is 4.79 Å². The van der Waals surface area contributed by atoms with E-state index < -0.39 is 0 Å². The molecule has 2 amide bonds. The van der Waals surface area contributed by atoms with E-state index >= 15 is 0 Å². The van der Waals surface area contributed by atoms with Gasteiger partial charge in [0.1, 0.15) is 5.82 Å². The molecule has 2 aromatic rings. The first-order chi connectivity index (χ1) is 11.6. The number of urea groups is 1. The number of pyridine rings is 1. The quantitative estimate of drug-likeness (QED) is 0.875. The number of aromatic nitrogens is 1. The van der Waals surface area contributed by atoms with Crippen LogP contribution in [0, 0.1) is 11.7 Å². The first-order valence-electron chi connectivity index (χ1n) is 8.11. The Labute approximate surface area is 138 Å². The summed E-state index contributed by atoms with van der Waals surface area (Å²) in [4.78, 5) is 26.3. The molecule has 3 heterocycles. The number of nitrogens with one attached hydrogen (secondary N) is 1. The van der Waals surface area contributed by atoms with Gasteiger partial charge in [-0.15, -0.1) is 0 Å². The van der Waals surface area contributed by atoms with Crippen LogP contribution in [-0.4, -0.2) is 28.6 Å². The molecule has 1 N–H and O–H groups in total. The summed E-state index contributed by atoms with van der Waals surface area (Å²) in [5.41, 5.74) is 1.48. The van der Waals surface area contributed by atoms with Crippen molar-refractivity contribution in [3.05, 3.63) is 64.3 Å². The molecule has 2 atom stereocenters. The van der Waals surface area contributed by atoms with E-state index in [9.17, 15) is 14.0 Å². The molecular formula is C18H18FN3O2. The maximum Gasteiger partial charge on any atom is 0.321 e. The van der Waals surface area contributed by atoms with E-state index in [1.54, 1.807) is 29.2 Å². The average molecular weight is 327 g/mol. The number of fused-ring (bicyclic) bond motifs is 4. The molecule has 0 saturated carbocycles. The van der Waals surface area contributed by atoms with Gasteiger partial charge in [-0.2, -0.15) is 0 Å². The van der Waals surface area contributed by atoms with E-state index in [2.05, 4.69) is 5.32 Å². The molecule has 5 nitrogen and oxygen atoms in total. The van der Waals surface area contributed by atoms with E-state index in [0.717, 1.165) is 12.1 Å². The van der Waals surface area contributed by atoms with Crippen LogP contribution in [0.25, 0.3) is 0 Å². The van der Waals surface area contributed by atoms with Crippen molar-refractivity contribution in [3.8, 4) is 0 Å². The van der Waals surface area contributed by atoms with E-state index in [4.69, 9.17) is 0 Å². The SMILES string of the molecule is O=C(Nc1cccc(F)c1)N1C[C@@H]2C[C@@H](C1)c1cccc(=O)n1C2. The number of carbonyl (C=O) groups is 1. The van der Waals surface area contributed by atoms with Gasteiger partial charge in [0.25, 0.3) is 5.56 Å². The lowest BCUT2D eigenvalue weighted by Gasteiger charge is -2.42. The number of benzene rings is 1. The van der Waals surface area contributed by atoms with Crippen molar-refractivity contribution >= 4 is 11.7 Å². The maximum atomic E-state index is 13.3. The summed E-state index contributed by atoms with van der Waals surface area (Å²) in [6, 6.07) is 11.0. The van der Waals surface area contributed by atoms with Crippen LogP contribution in [0.5, 0.6) is 0 Å². The van der Waals surface area contributed by atoms with Crippen molar-refractivity contribution in [2.75, 3.05) is 18.4 Å². The lowest BCUT2D eigenvalue weighted by atomic mass is 9.83. The fourth-order valence-corrected chi connectivity index (χ4v) is 3.83. The molecule has 1 aromatic carbocycles. The lowest BCUT2D eigenvalue weighted by Crippen LogP contribution is -2.50. The molecule has 1 aromatic heterocycles. The Morgan fingerprint density at radius 1 is 1.12 bits per heavy atom. The van der Waals surface area contributed by atoms with Crippen molar-refractivity contribution in [2.45, 2.75) is 18.9 Å². The molecule has 0 unspecified atom stereocenters. The largest absolute Gasteiger partial charge is 0.324 e. The first kappa shape index (κ1) is 14.9. The molecule has 2 aliphatic rings. The third-order valence-electron chi connectivity index (χ3n) is 4.84. The number of nitrogens with zero attached hydrogens (tertiary/aromatic N) is 2. The van der Waals surface area contributed by atoms with Crippen LogP contribution >= 0.6 is 0 Å². The lowest BCUT2D eigenvalue weighted by molar-refractivity contribution is 0.139. The minimum Gasteiger partial charge on any atom is -0.324 e. The fraction of sp³-hybridized carbons (Fsp3) is 0.333. The Morgan fingerprint density at radius 2 is 1.96 bits per heavy atom. The van der Waals surface area contributed by atoms with Gasteiger partial charge in [0.05, 0.1) is 0 Å². The summed E-state index contributed by atoms with van der Waals surface area (Å²) in [7, 11) is 0. The highest BCUT2D eigenvalue weighted by Crippen LogP contribution is 2.35. The van der Waals surface area contributed by atoms with Gasteiger partial charge in [-0.05, 0) is 36.6 Å². The Hall–Kier alpha value is -2.63. The third-order valence-corrected chi connectivity index (χ3v) is 4.84. The van der Waals surface area contributed by atoms with Crippen molar-refractivity contribution in [1.29, 1.82) is 0 Å². The molecule has 1 fully saturated rings. The van der Waals surface area contributed by atoms with Crippen molar-refractivity contribution in [1.82, 2.24) is 9.47 Å². The van der Waals surface area contributed by atoms with E-state index in [-0.39, 0.29) is 29.2 Å². The molecule has 0 aliphatic carbocycles. The van der Waals surface area contributed by atoms with E-state index in [0.29, 0.717) is 25.3 Å². The zero-order valence-electron chi connectivity index (χ0n) is 13.1. The van der Waals surface area contributed by atoms with Gasteiger partial charge in [0.2, 0.25) is 0 Å². The van der Waals surface area contributed by atoms with Crippen LogP contribution in [-0.2, 0) is 6.54 Å². The second-order valence-corrected chi connectivity index (χ2v) is 6.54. The van der Waals surface area contributed by atoms with Crippen molar-refractivity contribution in [2.24, 2.45) is 5.92 Å². The molecule has 24 heavy (non-hydrogen) atoms. The van der Waals surface area contributed by atoms with E-state index in [1.807, 2.05) is 10.6 Å². The van der Waals surface area contributed by atoms with Crippen molar-refractivity contribution < 1.29 is 9.18 Å². The highest BCUT2D eigenvalue weighted by atomic mass is 19.1.